The molecule has 37 heavy (non-hydrogen) atoms. The monoisotopic (exact) mass is 471 g/mol. The smallest absolute Gasteiger partial charge is 0.0491 e. The van der Waals surface area contributed by atoms with Crippen molar-refractivity contribution in [1.82, 2.24) is 0 Å². The van der Waals surface area contributed by atoms with Gasteiger partial charge in [0.25, 0.3) is 0 Å². The zero-order valence-electron chi connectivity index (χ0n) is 20.7. The second kappa shape index (κ2) is 7.69. The van der Waals surface area contributed by atoms with Crippen LogP contribution in [0.25, 0.3) is 64.6 Å². The van der Waals surface area contributed by atoms with Crippen LogP contribution in [-0.2, 0) is 0 Å². The maximum Gasteiger partial charge on any atom is 0.0491 e. The highest BCUT2D eigenvalue weighted by molar-refractivity contribution is 6.34. The summed E-state index contributed by atoms with van der Waals surface area (Å²) in [5.41, 5.74) is 2.51. The number of nitrogens with zero attached hydrogens (tertiary/aromatic N) is 1. The van der Waals surface area contributed by atoms with Crippen LogP contribution in [0, 0.1) is 0 Å². The lowest BCUT2D eigenvalue weighted by molar-refractivity contribution is 1.04. The number of hydrogen-bond donors (Lipinski definition) is 0. The lowest BCUT2D eigenvalue weighted by atomic mass is 9.89. The molecule has 0 aliphatic rings. The third-order valence-corrected chi connectivity index (χ3v) is 8.12. The number of anilines is 2. The molecule has 0 spiro atoms. The predicted molar refractivity (Wildman–Crippen MR) is 162 cm³/mol. The fourth-order valence-electron chi connectivity index (χ4n) is 6.52. The van der Waals surface area contributed by atoms with Gasteiger partial charge in [0.15, 0.2) is 0 Å². The number of hydrogen-bond acceptors (Lipinski definition) is 1. The van der Waals surface area contributed by atoms with E-state index in [0.29, 0.717) is 0 Å². The highest BCUT2D eigenvalue weighted by atomic mass is 15.1. The Morgan fingerprint density at radius 2 is 0.946 bits per heavy atom. The molecule has 1 heteroatoms. The minimum absolute atomic E-state index is 0.886. The van der Waals surface area contributed by atoms with Crippen LogP contribution in [0.5, 0.6) is 0 Å². The molecule has 0 atom stereocenters. The van der Waals surface area contributed by atoms with E-state index in [1.165, 1.54) is 76.0 Å². The summed E-state index contributed by atoms with van der Waals surface area (Å²) in [6.07, 6.45) is 0. The molecule has 0 bridgehead atoms. The molecule has 0 saturated heterocycles. The molecule has 0 saturated carbocycles. The first-order valence-corrected chi connectivity index (χ1v) is 13.1. The first kappa shape index (κ1) is 20.6. The molecule has 8 aromatic carbocycles. The highest BCUT2D eigenvalue weighted by Crippen LogP contribution is 2.44. The van der Waals surface area contributed by atoms with Gasteiger partial charge in [-0.15, -0.1) is 0 Å². The summed E-state index contributed by atoms with van der Waals surface area (Å²) < 4.78 is 0. The van der Waals surface area contributed by atoms with E-state index in [1.807, 2.05) is 0 Å². The minimum Gasteiger partial charge on any atom is -0.341 e. The van der Waals surface area contributed by atoms with Gasteiger partial charge >= 0.3 is 0 Å². The second-order valence-electron chi connectivity index (χ2n) is 10.0. The van der Waals surface area contributed by atoms with Gasteiger partial charge in [0.05, 0.1) is 0 Å². The van der Waals surface area contributed by atoms with Crippen molar-refractivity contribution in [1.29, 1.82) is 0 Å². The van der Waals surface area contributed by atoms with Crippen LogP contribution in [0.1, 0.15) is 6.92 Å². The molecular formula is C36H25N. The van der Waals surface area contributed by atoms with Crippen LogP contribution in [0.15, 0.2) is 121 Å². The molecule has 0 amide bonds. The topological polar surface area (TPSA) is 3.24 Å². The summed E-state index contributed by atoms with van der Waals surface area (Å²) in [5, 5.41) is 15.8. The molecule has 8 aromatic rings. The molecule has 0 aliphatic heterocycles. The first-order valence-electron chi connectivity index (χ1n) is 13.1. The number of benzene rings is 8. The quantitative estimate of drug-likeness (QED) is 0.183. The van der Waals surface area contributed by atoms with Crippen molar-refractivity contribution in [2.24, 2.45) is 0 Å². The molecule has 0 radical (unpaired) electrons. The van der Waals surface area contributed by atoms with Gasteiger partial charge in [-0.05, 0) is 85.1 Å². The van der Waals surface area contributed by atoms with E-state index in [4.69, 9.17) is 0 Å². The van der Waals surface area contributed by atoms with Crippen LogP contribution in [0.3, 0.4) is 0 Å². The normalized spacial score (nSPS) is 12.0. The highest BCUT2D eigenvalue weighted by Gasteiger charge is 2.18. The molecule has 0 fully saturated rings. The molecule has 0 unspecified atom stereocenters. The van der Waals surface area contributed by atoms with Crippen molar-refractivity contribution < 1.29 is 0 Å². The molecule has 1 nitrogen and oxygen atoms in total. The van der Waals surface area contributed by atoms with Crippen LogP contribution in [0.4, 0.5) is 11.4 Å². The van der Waals surface area contributed by atoms with Crippen molar-refractivity contribution in [3.05, 3.63) is 121 Å². The van der Waals surface area contributed by atoms with Crippen LogP contribution in [-0.4, -0.2) is 6.54 Å². The molecule has 0 N–H and O–H groups in total. The third kappa shape index (κ3) is 2.86. The van der Waals surface area contributed by atoms with Gasteiger partial charge in [0.2, 0.25) is 0 Å². The van der Waals surface area contributed by atoms with E-state index in [0.717, 1.165) is 6.54 Å². The van der Waals surface area contributed by atoms with Crippen LogP contribution < -0.4 is 4.90 Å². The van der Waals surface area contributed by atoms with E-state index in [2.05, 4.69) is 133 Å². The average molecular weight is 472 g/mol. The van der Waals surface area contributed by atoms with Crippen LogP contribution >= 0.6 is 0 Å². The maximum atomic E-state index is 2.49. The fraction of sp³-hybridized carbons (Fsp3) is 0.0556. The summed E-state index contributed by atoms with van der Waals surface area (Å²) in [6.45, 7) is 3.14. The fourth-order valence-corrected chi connectivity index (χ4v) is 6.52. The van der Waals surface area contributed by atoms with Gasteiger partial charge < -0.3 is 4.90 Å². The van der Waals surface area contributed by atoms with Crippen LogP contribution in [0.2, 0.25) is 0 Å². The molecule has 0 aliphatic carbocycles. The van der Waals surface area contributed by atoms with Crippen molar-refractivity contribution in [3.63, 3.8) is 0 Å². The Labute approximate surface area is 215 Å². The van der Waals surface area contributed by atoms with E-state index >= 15 is 0 Å². The molecule has 174 valence electrons. The van der Waals surface area contributed by atoms with Crippen molar-refractivity contribution in [3.8, 4) is 0 Å². The van der Waals surface area contributed by atoms with E-state index in [9.17, 15) is 0 Å². The Morgan fingerprint density at radius 1 is 0.405 bits per heavy atom. The summed E-state index contributed by atoms with van der Waals surface area (Å²) in [4.78, 5) is 2.49. The SMILES string of the molecule is CCN(c1cccc2cc3ccccc3cc12)c1ccc2c3cccc4cccc(c5cccc1c52)c43. The largest absolute Gasteiger partial charge is 0.341 e. The Morgan fingerprint density at radius 3 is 1.70 bits per heavy atom. The van der Waals surface area contributed by atoms with Crippen molar-refractivity contribution >= 4 is 76.0 Å². The van der Waals surface area contributed by atoms with E-state index in [-0.39, 0.29) is 0 Å². The van der Waals surface area contributed by atoms with E-state index in [1.54, 1.807) is 0 Å². The summed E-state index contributed by atoms with van der Waals surface area (Å²) in [5.74, 6) is 0. The zero-order chi connectivity index (χ0) is 24.5. The van der Waals surface area contributed by atoms with Crippen molar-refractivity contribution in [2.45, 2.75) is 6.92 Å². The predicted octanol–water partition coefficient (Wildman–Crippen LogP) is 10.2. The Kier molecular flexibility index (Phi) is 4.27. The molecular weight excluding hydrogens is 446 g/mol. The summed E-state index contributed by atoms with van der Waals surface area (Å²) in [6, 6.07) is 44.9. The molecule has 0 aromatic heterocycles. The molecule has 8 rings (SSSR count). The van der Waals surface area contributed by atoms with Gasteiger partial charge in [0.1, 0.15) is 0 Å². The summed E-state index contributed by atoms with van der Waals surface area (Å²) >= 11 is 0. The zero-order valence-corrected chi connectivity index (χ0v) is 20.7. The number of fused-ring (bicyclic) bond motifs is 4. The van der Waals surface area contributed by atoms with Gasteiger partial charge in [0, 0.05) is 28.7 Å². The summed E-state index contributed by atoms with van der Waals surface area (Å²) in [7, 11) is 0. The third-order valence-electron chi connectivity index (χ3n) is 8.12. The lowest BCUT2D eigenvalue weighted by Gasteiger charge is -2.27. The maximum absolute atomic E-state index is 2.49. The van der Waals surface area contributed by atoms with Gasteiger partial charge in [-0.25, -0.2) is 0 Å². The second-order valence-corrected chi connectivity index (χ2v) is 10.0. The van der Waals surface area contributed by atoms with Gasteiger partial charge in [-0.1, -0.05) is 97.1 Å². The van der Waals surface area contributed by atoms with E-state index < -0.39 is 0 Å². The van der Waals surface area contributed by atoms with Gasteiger partial charge in [-0.2, -0.15) is 0 Å². The first-order chi connectivity index (χ1) is 18.3. The Balaban J connectivity index is 1.45. The molecule has 0 heterocycles. The van der Waals surface area contributed by atoms with Crippen molar-refractivity contribution in [2.75, 3.05) is 11.4 Å². The average Bonchev–Trinajstić information content (AvgIpc) is 2.95. The lowest BCUT2D eigenvalue weighted by Crippen LogP contribution is -2.16. The minimum atomic E-state index is 0.886. The van der Waals surface area contributed by atoms with Gasteiger partial charge in [-0.3, -0.25) is 0 Å². The standard InChI is InChI=1S/C36H25N/c1-2-37(33-18-7-13-26-21-24-9-3-4-10-25(24)22-32(26)33)34-20-19-30-28-15-6-12-23-11-5-14-27(35(23)28)29-16-8-17-31(34)36(29)30/h3-22H,2H2,1H3. The Bertz CT molecular complexity index is 2090. The number of rotatable bonds is 3. The Hall–Kier alpha value is -4.62.